The lowest BCUT2D eigenvalue weighted by Crippen LogP contribution is -2.48. The Balaban J connectivity index is 2.17. The molecule has 10 nitrogen and oxygen atoms in total. The van der Waals surface area contributed by atoms with Gasteiger partial charge in [-0.3, -0.25) is 19.2 Å². The zero-order valence-electron chi connectivity index (χ0n) is 25.4. The van der Waals surface area contributed by atoms with Crippen molar-refractivity contribution in [1.82, 2.24) is 20.9 Å². The Hall–Kier alpha value is -3.54. The number of rotatable bonds is 11. The molecule has 0 fully saturated rings. The van der Waals surface area contributed by atoms with E-state index >= 15 is 0 Å². The molecule has 12 heteroatoms. The number of cyclic esters (lactones) is 1. The summed E-state index contributed by atoms with van der Waals surface area (Å²) in [5.41, 5.74) is -0.449. The summed E-state index contributed by atoms with van der Waals surface area (Å²) in [5.74, 6) is -3.35. The first-order chi connectivity index (χ1) is 20.5. The molecule has 2 heterocycles. The molecule has 2 rings (SSSR count). The van der Waals surface area contributed by atoms with Gasteiger partial charge in [-0.2, -0.15) is 0 Å². The number of esters is 1. The Morgan fingerprint density at radius 3 is 2.58 bits per heavy atom. The van der Waals surface area contributed by atoms with Gasteiger partial charge in [-0.1, -0.05) is 70.4 Å². The second-order valence-corrected chi connectivity index (χ2v) is 11.7. The van der Waals surface area contributed by atoms with E-state index in [1.165, 1.54) is 37.2 Å². The van der Waals surface area contributed by atoms with E-state index in [1.807, 2.05) is 0 Å². The molecule has 3 N–H and O–H groups in total. The molecule has 0 aromatic carbocycles. The van der Waals surface area contributed by atoms with Crippen molar-refractivity contribution in [2.24, 2.45) is 5.92 Å². The van der Waals surface area contributed by atoms with Gasteiger partial charge in [0.05, 0.1) is 18.7 Å². The lowest BCUT2D eigenvalue weighted by atomic mass is 10.0. The monoisotopic (exact) mass is 618 g/mol. The van der Waals surface area contributed by atoms with Gasteiger partial charge in [-0.15, -0.1) is 0 Å². The molecule has 0 unspecified atom stereocenters. The van der Waals surface area contributed by atoms with E-state index in [4.69, 9.17) is 4.74 Å². The summed E-state index contributed by atoms with van der Waals surface area (Å²) in [7, 11) is 0. The van der Waals surface area contributed by atoms with Crippen LogP contribution in [0.2, 0.25) is 0 Å². The highest BCUT2D eigenvalue weighted by Gasteiger charge is 2.30. The maximum absolute atomic E-state index is 14.4. The molecule has 0 spiro atoms. The molecule has 236 valence electrons. The average Bonchev–Trinajstić information content (AvgIpc) is 2.96. The molecule has 3 amide bonds. The molecule has 1 aromatic rings. The van der Waals surface area contributed by atoms with E-state index in [-0.39, 0.29) is 41.1 Å². The van der Waals surface area contributed by atoms with Gasteiger partial charge in [0.15, 0.2) is 5.12 Å². The molecule has 43 heavy (non-hydrogen) atoms. The summed E-state index contributed by atoms with van der Waals surface area (Å²) in [6.45, 7) is 6.82. The number of nitrogens with zero attached hydrogens (tertiary/aromatic N) is 1. The molecule has 1 aliphatic rings. The number of halogens is 1. The van der Waals surface area contributed by atoms with Gasteiger partial charge < -0.3 is 20.7 Å². The Morgan fingerprint density at radius 1 is 1.14 bits per heavy atom. The number of hydrogen-bond donors (Lipinski definition) is 3. The van der Waals surface area contributed by atoms with E-state index < -0.39 is 41.7 Å². The van der Waals surface area contributed by atoms with Crippen LogP contribution in [-0.2, 0) is 30.5 Å². The molecule has 2 bridgehead atoms. The lowest BCUT2D eigenvalue weighted by molar-refractivity contribution is -0.153. The third-order valence-electron chi connectivity index (χ3n) is 6.63. The minimum absolute atomic E-state index is 0.124. The summed E-state index contributed by atoms with van der Waals surface area (Å²) in [6.07, 6.45) is 9.88. The quantitative estimate of drug-likeness (QED) is 0.142. The summed E-state index contributed by atoms with van der Waals surface area (Å²) >= 11 is 1.25. The molecule has 0 radical (unpaired) electrons. The van der Waals surface area contributed by atoms with E-state index in [9.17, 15) is 28.4 Å². The van der Waals surface area contributed by atoms with Crippen LogP contribution in [0, 0.1) is 11.7 Å². The van der Waals surface area contributed by atoms with Gasteiger partial charge in [0.2, 0.25) is 5.91 Å². The van der Waals surface area contributed by atoms with Crippen molar-refractivity contribution in [3.05, 3.63) is 53.3 Å². The largest absolute Gasteiger partial charge is 0.456 e. The summed E-state index contributed by atoms with van der Waals surface area (Å²) < 4.78 is 20.0. The fraction of sp³-hybridized carbons (Fsp3) is 0.548. The number of carbonyl (C=O) groups is 5. The second kappa shape index (κ2) is 18.9. The molecule has 1 aliphatic heterocycles. The van der Waals surface area contributed by atoms with Crippen LogP contribution in [-0.4, -0.2) is 51.7 Å². The van der Waals surface area contributed by atoms with Gasteiger partial charge in [-0.25, -0.2) is 14.2 Å². The van der Waals surface area contributed by atoms with Crippen molar-refractivity contribution in [2.75, 3.05) is 5.75 Å². The van der Waals surface area contributed by atoms with Crippen LogP contribution in [0.4, 0.5) is 4.39 Å². The topological polar surface area (TPSA) is 144 Å². The van der Waals surface area contributed by atoms with Gasteiger partial charge in [-0.05, 0) is 43.9 Å². The van der Waals surface area contributed by atoms with Crippen LogP contribution in [0.5, 0.6) is 0 Å². The van der Waals surface area contributed by atoms with Crippen LogP contribution in [0.1, 0.15) is 95.2 Å². The molecule has 2 atom stereocenters. The Kier molecular flexibility index (Phi) is 15.7. The lowest BCUT2D eigenvalue weighted by Gasteiger charge is -2.24. The van der Waals surface area contributed by atoms with Crippen molar-refractivity contribution in [3.63, 3.8) is 0 Å². The van der Waals surface area contributed by atoms with Crippen LogP contribution in [0.15, 0.2) is 36.1 Å². The van der Waals surface area contributed by atoms with Crippen LogP contribution in [0.25, 0.3) is 0 Å². The highest BCUT2D eigenvalue weighted by molar-refractivity contribution is 8.13. The van der Waals surface area contributed by atoms with Gasteiger partial charge in [0, 0.05) is 12.2 Å². The average molecular weight is 619 g/mol. The molecule has 0 saturated carbocycles. The number of pyridine rings is 1. The number of carbonyl (C=O) groups excluding carboxylic acids is 5. The standard InChI is InChI=1S/C31H43FN4O6S/c1-5-7-8-9-10-14-27(38)43-17-12-11-13-21-18-26(37)33-19-25-22(32)15-16-24(34-25)30(40)35-23(6-2)29(39)36-28(20(3)4)31(41)42-21/h6,11,13,15-16,20-21,28H,5,7-10,12,14,17-19H2,1-4H3,(H,33,37)(H,35,40)(H,36,39)/b13-11+,23-6-/t21-,28+/m1/s1. The van der Waals surface area contributed by atoms with E-state index in [0.717, 1.165) is 31.7 Å². The number of ether oxygens (including phenoxy) is 1. The zero-order valence-corrected chi connectivity index (χ0v) is 26.2. The SMILES string of the molecule is C/C=C1\NC(=O)c2ccc(F)c(n2)CNC(=O)C[C@@H](/C=C/CCSC(=O)CCCCCCC)OC(=O)[C@H](C(C)C)NC1=O. The Morgan fingerprint density at radius 2 is 1.88 bits per heavy atom. The highest BCUT2D eigenvalue weighted by atomic mass is 32.2. The van der Waals surface area contributed by atoms with Gasteiger partial charge in [0.25, 0.3) is 11.8 Å². The number of nitrogens with one attached hydrogen (secondary N) is 3. The third kappa shape index (κ3) is 12.7. The first-order valence-corrected chi connectivity index (χ1v) is 15.8. The Labute approximate surface area is 257 Å². The summed E-state index contributed by atoms with van der Waals surface area (Å²) in [5, 5.41) is 7.72. The number of hydrogen-bond acceptors (Lipinski definition) is 8. The minimum Gasteiger partial charge on any atom is -0.456 e. The van der Waals surface area contributed by atoms with Crippen molar-refractivity contribution >= 4 is 40.6 Å². The maximum atomic E-state index is 14.4. The van der Waals surface area contributed by atoms with Gasteiger partial charge in [0.1, 0.15) is 29.4 Å². The number of allylic oxidation sites excluding steroid dienone is 2. The minimum atomic E-state index is -1.08. The second-order valence-electron chi connectivity index (χ2n) is 10.5. The van der Waals surface area contributed by atoms with Crippen LogP contribution < -0.4 is 16.0 Å². The van der Waals surface area contributed by atoms with Crippen molar-refractivity contribution in [3.8, 4) is 0 Å². The van der Waals surface area contributed by atoms with Crippen molar-refractivity contribution in [1.29, 1.82) is 0 Å². The maximum Gasteiger partial charge on any atom is 0.329 e. The Bertz CT molecular complexity index is 1200. The van der Waals surface area contributed by atoms with Crippen molar-refractivity contribution in [2.45, 2.75) is 97.8 Å². The molecular weight excluding hydrogens is 575 g/mol. The molecule has 0 saturated heterocycles. The first-order valence-electron chi connectivity index (χ1n) is 14.8. The zero-order chi connectivity index (χ0) is 31.8. The molecular formula is C31H43FN4O6S. The summed E-state index contributed by atoms with van der Waals surface area (Å²) in [4.78, 5) is 67.8. The third-order valence-corrected chi connectivity index (χ3v) is 7.60. The van der Waals surface area contributed by atoms with Gasteiger partial charge >= 0.3 is 5.97 Å². The van der Waals surface area contributed by atoms with E-state index in [0.29, 0.717) is 18.6 Å². The molecule has 1 aromatic heterocycles. The first kappa shape index (κ1) is 35.7. The predicted molar refractivity (Wildman–Crippen MR) is 163 cm³/mol. The smallest absolute Gasteiger partial charge is 0.329 e. The fourth-order valence-corrected chi connectivity index (χ4v) is 4.91. The van der Waals surface area contributed by atoms with Crippen LogP contribution >= 0.6 is 11.8 Å². The van der Waals surface area contributed by atoms with Crippen LogP contribution in [0.3, 0.4) is 0 Å². The number of fused-ring (bicyclic) bond motifs is 2. The number of aromatic nitrogens is 1. The van der Waals surface area contributed by atoms with E-state index in [2.05, 4.69) is 27.9 Å². The summed E-state index contributed by atoms with van der Waals surface area (Å²) in [6, 6.07) is 1.14. The molecule has 0 aliphatic carbocycles. The number of thioether (sulfide) groups is 1. The number of amides is 3. The van der Waals surface area contributed by atoms with Crippen molar-refractivity contribution < 1.29 is 33.1 Å². The predicted octanol–water partition coefficient (Wildman–Crippen LogP) is 4.49. The fourth-order valence-electron chi connectivity index (χ4n) is 4.14. The highest BCUT2D eigenvalue weighted by Crippen LogP contribution is 2.15. The van der Waals surface area contributed by atoms with E-state index in [1.54, 1.807) is 26.0 Å². The normalized spacial score (nSPS) is 19.7. The number of unbranched alkanes of at least 4 members (excludes halogenated alkanes) is 4.